The maximum absolute atomic E-state index is 11.7. The lowest BCUT2D eigenvalue weighted by Gasteiger charge is -2.06. The quantitative estimate of drug-likeness (QED) is 0.745. The zero-order valence-corrected chi connectivity index (χ0v) is 13.4. The number of fused-ring (bicyclic) bond motifs is 1. The SMILES string of the molecule is O=C1NC(=O)/C(=C/c2cccc3c2ccn3Cc2ccccn2)S1. The van der Waals surface area contributed by atoms with Crippen molar-refractivity contribution in [2.75, 3.05) is 0 Å². The van der Waals surface area contributed by atoms with E-state index in [2.05, 4.69) is 14.9 Å². The third kappa shape index (κ3) is 2.72. The predicted octanol–water partition coefficient (Wildman–Crippen LogP) is 3.41. The number of thioether (sulfide) groups is 1. The Morgan fingerprint density at radius 2 is 2.04 bits per heavy atom. The summed E-state index contributed by atoms with van der Waals surface area (Å²) in [5.41, 5.74) is 2.96. The molecule has 6 heteroatoms. The first-order valence-electron chi connectivity index (χ1n) is 7.43. The molecule has 0 saturated carbocycles. The summed E-state index contributed by atoms with van der Waals surface area (Å²) in [6, 6.07) is 13.8. The van der Waals surface area contributed by atoms with Crippen molar-refractivity contribution in [1.82, 2.24) is 14.9 Å². The molecule has 2 aromatic heterocycles. The molecule has 0 spiro atoms. The molecule has 0 bridgehead atoms. The molecule has 0 atom stereocenters. The van der Waals surface area contributed by atoms with Crippen LogP contribution in [0.1, 0.15) is 11.3 Å². The van der Waals surface area contributed by atoms with Gasteiger partial charge in [0.2, 0.25) is 0 Å². The third-order valence-corrected chi connectivity index (χ3v) is 4.65. The average molecular weight is 335 g/mol. The number of imide groups is 1. The van der Waals surface area contributed by atoms with Crippen molar-refractivity contribution in [2.45, 2.75) is 6.54 Å². The van der Waals surface area contributed by atoms with E-state index < -0.39 is 0 Å². The van der Waals surface area contributed by atoms with Gasteiger partial charge in [0.1, 0.15) is 0 Å². The van der Waals surface area contributed by atoms with Crippen molar-refractivity contribution in [3.8, 4) is 0 Å². The van der Waals surface area contributed by atoms with Crippen LogP contribution in [0.4, 0.5) is 4.79 Å². The summed E-state index contributed by atoms with van der Waals surface area (Å²) in [5, 5.41) is 2.98. The van der Waals surface area contributed by atoms with Gasteiger partial charge in [0.15, 0.2) is 0 Å². The van der Waals surface area contributed by atoms with E-state index in [9.17, 15) is 9.59 Å². The molecule has 1 aliphatic heterocycles. The molecule has 5 nitrogen and oxygen atoms in total. The van der Waals surface area contributed by atoms with Gasteiger partial charge >= 0.3 is 0 Å². The van der Waals surface area contributed by atoms with Gasteiger partial charge in [0.25, 0.3) is 11.1 Å². The van der Waals surface area contributed by atoms with Gasteiger partial charge in [-0.25, -0.2) is 0 Å². The molecule has 1 saturated heterocycles. The molecule has 24 heavy (non-hydrogen) atoms. The van der Waals surface area contributed by atoms with Crippen LogP contribution >= 0.6 is 11.8 Å². The number of nitrogens with zero attached hydrogens (tertiary/aromatic N) is 2. The molecule has 2 amide bonds. The second-order valence-corrected chi connectivity index (χ2v) is 6.41. The Morgan fingerprint density at radius 3 is 2.79 bits per heavy atom. The molecule has 1 fully saturated rings. The fourth-order valence-electron chi connectivity index (χ4n) is 2.74. The molecule has 1 aliphatic rings. The smallest absolute Gasteiger partial charge is 0.290 e. The van der Waals surface area contributed by atoms with Crippen molar-refractivity contribution >= 4 is 39.9 Å². The molecule has 1 N–H and O–H groups in total. The largest absolute Gasteiger partial charge is 0.341 e. The van der Waals surface area contributed by atoms with Crippen LogP contribution < -0.4 is 5.32 Å². The molecule has 3 heterocycles. The summed E-state index contributed by atoms with van der Waals surface area (Å²) >= 11 is 0.931. The minimum atomic E-state index is -0.338. The number of nitrogens with one attached hydrogen (secondary N) is 1. The summed E-state index contributed by atoms with van der Waals surface area (Å²) in [7, 11) is 0. The Kier molecular flexibility index (Phi) is 3.66. The number of amides is 2. The first-order chi connectivity index (χ1) is 11.7. The third-order valence-electron chi connectivity index (χ3n) is 3.83. The van der Waals surface area contributed by atoms with Crippen LogP contribution in [0.2, 0.25) is 0 Å². The molecule has 4 rings (SSSR count). The first-order valence-corrected chi connectivity index (χ1v) is 8.25. The summed E-state index contributed by atoms with van der Waals surface area (Å²) in [5.74, 6) is -0.338. The van der Waals surface area contributed by atoms with Crippen molar-refractivity contribution in [3.05, 3.63) is 71.0 Å². The Hall–Kier alpha value is -2.86. The standard InChI is InChI=1S/C18H13N3O2S/c22-17-16(24-18(23)20-17)10-12-4-3-6-15-14(12)7-9-21(15)11-13-5-1-2-8-19-13/h1-10H,11H2,(H,20,22,23)/b16-10-. The van der Waals surface area contributed by atoms with E-state index in [1.807, 2.05) is 48.7 Å². The maximum atomic E-state index is 11.7. The van der Waals surface area contributed by atoms with Gasteiger partial charge in [-0.1, -0.05) is 18.2 Å². The van der Waals surface area contributed by atoms with E-state index in [1.54, 1.807) is 12.3 Å². The minimum absolute atomic E-state index is 0.328. The molecule has 0 unspecified atom stereocenters. The molecule has 0 radical (unpaired) electrons. The molecule has 0 aliphatic carbocycles. The van der Waals surface area contributed by atoms with Crippen molar-refractivity contribution in [1.29, 1.82) is 0 Å². The lowest BCUT2D eigenvalue weighted by molar-refractivity contribution is -0.115. The van der Waals surface area contributed by atoms with Crippen LogP contribution in [0.3, 0.4) is 0 Å². The van der Waals surface area contributed by atoms with Crippen LogP contribution in [0.25, 0.3) is 17.0 Å². The number of pyridine rings is 1. The fourth-order valence-corrected chi connectivity index (χ4v) is 3.41. The number of benzene rings is 1. The fraction of sp³-hybridized carbons (Fsp3) is 0.0556. The van der Waals surface area contributed by atoms with Gasteiger partial charge in [-0.3, -0.25) is 19.9 Å². The molecule has 3 aromatic rings. The Balaban J connectivity index is 1.73. The van der Waals surface area contributed by atoms with Gasteiger partial charge < -0.3 is 4.57 Å². The highest BCUT2D eigenvalue weighted by Gasteiger charge is 2.25. The van der Waals surface area contributed by atoms with Gasteiger partial charge in [-0.05, 0) is 47.7 Å². The zero-order chi connectivity index (χ0) is 16.5. The first kappa shape index (κ1) is 14.7. The number of hydrogen-bond acceptors (Lipinski definition) is 4. The molecule has 118 valence electrons. The van der Waals surface area contributed by atoms with E-state index in [-0.39, 0.29) is 11.1 Å². The van der Waals surface area contributed by atoms with E-state index >= 15 is 0 Å². The monoisotopic (exact) mass is 335 g/mol. The summed E-state index contributed by atoms with van der Waals surface area (Å²) < 4.78 is 2.12. The van der Waals surface area contributed by atoms with Crippen LogP contribution in [0.15, 0.2) is 59.8 Å². The Bertz CT molecular complexity index is 976. The van der Waals surface area contributed by atoms with E-state index in [0.29, 0.717) is 11.4 Å². The van der Waals surface area contributed by atoms with Gasteiger partial charge in [0, 0.05) is 23.3 Å². The number of carbonyl (C=O) groups is 2. The normalized spacial score (nSPS) is 16.1. The summed E-state index contributed by atoms with van der Waals surface area (Å²) in [6.45, 7) is 0.679. The second-order valence-electron chi connectivity index (χ2n) is 5.40. The van der Waals surface area contributed by atoms with Gasteiger partial charge in [0.05, 0.1) is 17.1 Å². The van der Waals surface area contributed by atoms with Crippen LogP contribution in [0.5, 0.6) is 0 Å². The zero-order valence-electron chi connectivity index (χ0n) is 12.6. The lowest BCUT2D eigenvalue weighted by Crippen LogP contribution is -2.17. The summed E-state index contributed by atoms with van der Waals surface area (Å²) in [6.07, 6.45) is 5.55. The minimum Gasteiger partial charge on any atom is -0.341 e. The predicted molar refractivity (Wildman–Crippen MR) is 94.4 cm³/mol. The van der Waals surface area contributed by atoms with Crippen LogP contribution in [0, 0.1) is 0 Å². The maximum Gasteiger partial charge on any atom is 0.290 e. The van der Waals surface area contributed by atoms with Crippen LogP contribution in [-0.2, 0) is 11.3 Å². The Labute approximate surface area is 142 Å². The highest BCUT2D eigenvalue weighted by Crippen LogP contribution is 2.29. The number of hydrogen-bond donors (Lipinski definition) is 1. The van der Waals surface area contributed by atoms with E-state index in [4.69, 9.17) is 0 Å². The average Bonchev–Trinajstić information content (AvgIpc) is 3.13. The number of rotatable bonds is 3. The highest BCUT2D eigenvalue weighted by atomic mass is 32.2. The summed E-state index contributed by atoms with van der Waals surface area (Å²) in [4.78, 5) is 27.8. The van der Waals surface area contributed by atoms with Crippen molar-refractivity contribution < 1.29 is 9.59 Å². The van der Waals surface area contributed by atoms with E-state index in [0.717, 1.165) is 33.9 Å². The molecular weight excluding hydrogens is 322 g/mol. The Morgan fingerprint density at radius 1 is 1.12 bits per heavy atom. The van der Waals surface area contributed by atoms with Gasteiger partial charge in [-0.15, -0.1) is 0 Å². The second kappa shape index (κ2) is 5.98. The molecular formula is C18H13N3O2S. The lowest BCUT2D eigenvalue weighted by atomic mass is 10.1. The number of aromatic nitrogens is 2. The van der Waals surface area contributed by atoms with Crippen molar-refractivity contribution in [2.24, 2.45) is 0 Å². The van der Waals surface area contributed by atoms with Crippen LogP contribution in [-0.4, -0.2) is 20.7 Å². The molecule has 1 aromatic carbocycles. The van der Waals surface area contributed by atoms with E-state index in [1.165, 1.54) is 0 Å². The highest BCUT2D eigenvalue weighted by molar-refractivity contribution is 8.18. The van der Waals surface area contributed by atoms with Crippen molar-refractivity contribution in [3.63, 3.8) is 0 Å². The van der Waals surface area contributed by atoms with Gasteiger partial charge in [-0.2, -0.15) is 0 Å². The number of carbonyl (C=O) groups excluding carboxylic acids is 2. The topological polar surface area (TPSA) is 64.0 Å².